The molecule has 0 aliphatic carbocycles. The summed E-state index contributed by atoms with van der Waals surface area (Å²) in [5, 5.41) is 0. The fourth-order valence-corrected chi connectivity index (χ4v) is 2.34. The summed E-state index contributed by atoms with van der Waals surface area (Å²) >= 11 is 0. The Morgan fingerprint density at radius 1 is 0.889 bits per heavy atom. The summed E-state index contributed by atoms with van der Waals surface area (Å²) < 4.78 is 0. The topological polar surface area (TPSA) is 25.1 Å². The van der Waals surface area contributed by atoms with Gasteiger partial charge in [0.25, 0.3) is 0 Å². The maximum absolute atomic E-state index is 5.37. The van der Waals surface area contributed by atoms with Crippen LogP contribution in [0.15, 0.2) is 0 Å². The summed E-state index contributed by atoms with van der Waals surface area (Å²) in [6.07, 6.45) is 2.34. The molecule has 0 aromatic rings. The molecule has 0 radical (unpaired) electrons. The molecule has 0 amide bonds. The zero-order valence-corrected chi connectivity index (χ0v) is 13.8. The lowest BCUT2D eigenvalue weighted by molar-refractivity contribution is 0.0639. The highest BCUT2D eigenvalue weighted by atomic mass is 17.4. The third kappa shape index (κ3) is 2.91. The molecule has 0 aromatic carbocycles. The van der Waals surface area contributed by atoms with E-state index in [2.05, 4.69) is 62.3 Å². The molecule has 0 saturated carbocycles. The molecular formula is C16H32O2. The lowest BCUT2D eigenvalue weighted by Gasteiger charge is -2.40. The Morgan fingerprint density at radius 3 is 1.61 bits per heavy atom. The van der Waals surface area contributed by atoms with Crippen molar-refractivity contribution in [1.82, 2.24) is 0 Å². The van der Waals surface area contributed by atoms with Gasteiger partial charge in [-0.1, -0.05) is 62.3 Å². The predicted molar refractivity (Wildman–Crippen MR) is 76.0 cm³/mol. The molecule has 0 spiro atoms. The lowest BCUT2D eigenvalue weighted by atomic mass is 9.65. The van der Waals surface area contributed by atoms with Gasteiger partial charge >= 0.3 is 0 Å². The molecule has 1 aliphatic heterocycles. The standard InChI is InChI=1S/C16H32O2/c1-12(16(17-18-16)14(5,6)7)10-11-15(8,9)13(2,3)4/h12H,10-11H2,1-9H3. The fraction of sp³-hybridized carbons (Fsp3) is 1.00. The van der Waals surface area contributed by atoms with E-state index in [0.29, 0.717) is 16.7 Å². The summed E-state index contributed by atoms with van der Waals surface area (Å²) in [6, 6.07) is 0. The molecule has 1 aliphatic rings. The van der Waals surface area contributed by atoms with E-state index in [1.54, 1.807) is 0 Å². The summed E-state index contributed by atoms with van der Waals surface area (Å²) in [5.41, 5.74) is 0.695. The van der Waals surface area contributed by atoms with Crippen molar-refractivity contribution in [3.05, 3.63) is 0 Å². The van der Waals surface area contributed by atoms with Crippen LogP contribution in [0.5, 0.6) is 0 Å². The van der Waals surface area contributed by atoms with Crippen LogP contribution in [0.1, 0.15) is 75.2 Å². The molecule has 2 nitrogen and oxygen atoms in total. The van der Waals surface area contributed by atoms with Gasteiger partial charge in [0, 0.05) is 11.3 Å². The molecule has 18 heavy (non-hydrogen) atoms. The van der Waals surface area contributed by atoms with Crippen molar-refractivity contribution in [3.63, 3.8) is 0 Å². The molecule has 0 bridgehead atoms. The van der Waals surface area contributed by atoms with Crippen LogP contribution in [-0.4, -0.2) is 5.79 Å². The second-order valence-electron chi connectivity index (χ2n) is 8.66. The summed E-state index contributed by atoms with van der Waals surface area (Å²) in [5.74, 6) is 0.0696. The van der Waals surface area contributed by atoms with Gasteiger partial charge in [-0.25, -0.2) is 0 Å². The lowest BCUT2D eigenvalue weighted by Crippen LogP contribution is -2.38. The molecule has 1 rings (SSSR count). The minimum atomic E-state index is -0.360. The first-order valence-corrected chi connectivity index (χ1v) is 7.20. The number of hydrogen-bond acceptors (Lipinski definition) is 2. The number of rotatable bonds is 4. The summed E-state index contributed by atoms with van der Waals surface area (Å²) in [7, 11) is 0. The predicted octanol–water partition coefficient (Wildman–Crippen LogP) is 5.18. The van der Waals surface area contributed by atoms with Gasteiger partial charge in [-0.2, -0.15) is 9.78 Å². The smallest absolute Gasteiger partial charge is 0.194 e. The average molecular weight is 256 g/mol. The van der Waals surface area contributed by atoms with Gasteiger partial charge in [-0.05, 0) is 23.7 Å². The zero-order valence-electron chi connectivity index (χ0n) is 13.8. The van der Waals surface area contributed by atoms with Gasteiger partial charge < -0.3 is 0 Å². The summed E-state index contributed by atoms with van der Waals surface area (Å²) in [4.78, 5) is 10.7. The van der Waals surface area contributed by atoms with Crippen LogP contribution in [-0.2, 0) is 9.78 Å². The van der Waals surface area contributed by atoms with Gasteiger partial charge in [0.15, 0.2) is 0 Å². The van der Waals surface area contributed by atoms with Gasteiger partial charge in [-0.15, -0.1) is 0 Å². The van der Waals surface area contributed by atoms with E-state index >= 15 is 0 Å². The Labute approximate surface area is 113 Å². The SMILES string of the molecule is CC(CCC(C)(C)C(C)(C)C)C1(C(C)(C)C)OO1. The van der Waals surface area contributed by atoms with Crippen LogP contribution in [0.3, 0.4) is 0 Å². The maximum Gasteiger partial charge on any atom is 0.241 e. The molecule has 0 N–H and O–H groups in total. The zero-order chi connectivity index (χ0) is 14.4. The van der Waals surface area contributed by atoms with Gasteiger partial charge in [0.05, 0.1) is 0 Å². The molecule has 1 fully saturated rings. The molecule has 1 unspecified atom stereocenters. The van der Waals surface area contributed by atoms with Crippen LogP contribution in [0.25, 0.3) is 0 Å². The Hall–Kier alpha value is -0.0800. The molecule has 0 aromatic heterocycles. The van der Waals surface area contributed by atoms with Crippen molar-refractivity contribution in [2.75, 3.05) is 0 Å². The van der Waals surface area contributed by atoms with Crippen LogP contribution in [0, 0.1) is 22.2 Å². The molecule has 1 heterocycles. The van der Waals surface area contributed by atoms with Crippen molar-refractivity contribution in [1.29, 1.82) is 0 Å². The van der Waals surface area contributed by atoms with E-state index in [1.165, 1.54) is 6.42 Å². The van der Waals surface area contributed by atoms with Crippen molar-refractivity contribution in [3.8, 4) is 0 Å². The number of hydrogen-bond donors (Lipinski definition) is 0. The molecule has 1 saturated heterocycles. The van der Waals surface area contributed by atoms with Crippen molar-refractivity contribution in [2.24, 2.45) is 22.2 Å². The molecule has 2 heteroatoms. The Kier molecular flexibility index (Phi) is 3.98. The van der Waals surface area contributed by atoms with Gasteiger partial charge in [-0.3, -0.25) is 0 Å². The van der Waals surface area contributed by atoms with Crippen molar-refractivity contribution in [2.45, 2.75) is 80.9 Å². The normalized spacial score (nSPS) is 21.8. The second kappa shape index (κ2) is 4.49. The third-order valence-corrected chi connectivity index (χ3v) is 5.19. The van der Waals surface area contributed by atoms with Crippen molar-refractivity contribution < 1.29 is 9.78 Å². The highest BCUT2D eigenvalue weighted by Gasteiger charge is 2.61. The first kappa shape index (κ1) is 16.0. The van der Waals surface area contributed by atoms with E-state index in [1.807, 2.05) is 0 Å². The Balaban J connectivity index is 2.61. The monoisotopic (exact) mass is 256 g/mol. The Bertz CT molecular complexity index is 287. The van der Waals surface area contributed by atoms with Crippen molar-refractivity contribution >= 4 is 0 Å². The van der Waals surface area contributed by atoms with E-state index in [9.17, 15) is 0 Å². The highest BCUT2D eigenvalue weighted by molar-refractivity contribution is 4.93. The molecule has 1 atom stereocenters. The van der Waals surface area contributed by atoms with Gasteiger partial charge in [0.2, 0.25) is 5.79 Å². The van der Waals surface area contributed by atoms with Crippen LogP contribution in [0.4, 0.5) is 0 Å². The van der Waals surface area contributed by atoms with E-state index in [4.69, 9.17) is 9.78 Å². The second-order valence-corrected chi connectivity index (χ2v) is 8.66. The summed E-state index contributed by atoms with van der Waals surface area (Å²) in [6.45, 7) is 20.5. The average Bonchev–Trinajstić information content (AvgIpc) is 2.91. The van der Waals surface area contributed by atoms with Crippen LogP contribution in [0.2, 0.25) is 0 Å². The highest BCUT2D eigenvalue weighted by Crippen LogP contribution is 2.53. The quantitative estimate of drug-likeness (QED) is 0.511. The molecular weight excluding hydrogens is 224 g/mol. The van der Waals surface area contributed by atoms with Crippen LogP contribution >= 0.6 is 0 Å². The van der Waals surface area contributed by atoms with E-state index in [0.717, 1.165) is 6.42 Å². The minimum Gasteiger partial charge on any atom is -0.194 e. The minimum absolute atomic E-state index is 0.0400. The Morgan fingerprint density at radius 2 is 1.33 bits per heavy atom. The first-order valence-electron chi connectivity index (χ1n) is 7.20. The molecule has 108 valence electrons. The third-order valence-electron chi connectivity index (χ3n) is 5.19. The largest absolute Gasteiger partial charge is 0.241 e. The van der Waals surface area contributed by atoms with Crippen LogP contribution < -0.4 is 0 Å². The van der Waals surface area contributed by atoms with Gasteiger partial charge in [0.1, 0.15) is 0 Å². The fourth-order valence-electron chi connectivity index (χ4n) is 2.34. The van der Waals surface area contributed by atoms with E-state index < -0.39 is 0 Å². The first-order chi connectivity index (χ1) is 7.83. The maximum atomic E-state index is 5.37. The van der Waals surface area contributed by atoms with E-state index in [-0.39, 0.29) is 11.2 Å².